The van der Waals surface area contributed by atoms with Gasteiger partial charge in [-0.3, -0.25) is 0 Å². The van der Waals surface area contributed by atoms with Crippen LogP contribution in [0.1, 0.15) is 6.92 Å². The van der Waals surface area contributed by atoms with Crippen molar-refractivity contribution in [3.8, 4) is 0 Å². The number of pyridine rings is 1. The van der Waals surface area contributed by atoms with Gasteiger partial charge >= 0.3 is 0 Å². The minimum absolute atomic E-state index is 0. The molecule has 0 saturated carbocycles. The summed E-state index contributed by atoms with van der Waals surface area (Å²) < 4.78 is 2.46. The molecule has 0 unspecified atom stereocenters. The zero-order chi connectivity index (χ0) is 16.5. The summed E-state index contributed by atoms with van der Waals surface area (Å²) in [6, 6.07) is 6.48. The van der Waals surface area contributed by atoms with Crippen LogP contribution in [-0.4, -0.2) is 45.3 Å². The van der Waals surface area contributed by atoms with E-state index < -0.39 is 0 Å². The van der Waals surface area contributed by atoms with E-state index >= 15 is 0 Å². The number of nitrogens with zero attached hydrogens (tertiary/aromatic N) is 5. The van der Waals surface area contributed by atoms with Crippen LogP contribution in [0, 0.1) is 0 Å². The molecular formula is C16H19Br2N7. The highest BCUT2D eigenvalue weighted by Gasteiger charge is 2.18. The van der Waals surface area contributed by atoms with E-state index in [2.05, 4.69) is 59.5 Å². The van der Waals surface area contributed by atoms with Gasteiger partial charge in [-0.15, -0.1) is 17.0 Å². The first-order valence-electron chi connectivity index (χ1n) is 7.91. The second-order valence-corrected chi connectivity index (χ2v) is 6.66. The van der Waals surface area contributed by atoms with Crippen LogP contribution in [0.25, 0.3) is 5.65 Å². The molecule has 4 rings (SSSR count). The van der Waals surface area contributed by atoms with Gasteiger partial charge in [0.25, 0.3) is 0 Å². The SMILES string of the molecule is Br.C[C@H]1CNCCN1c1ccc(Nc2cc(Br)nn3ccnc23)nc1. The summed E-state index contributed by atoms with van der Waals surface area (Å²) in [7, 11) is 0. The fourth-order valence-corrected chi connectivity index (χ4v) is 3.37. The average Bonchev–Trinajstić information content (AvgIpc) is 3.05. The third-order valence-corrected chi connectivity index (χ3v) is 4.56. The van der Waals surface area contributed by atoms with E-state index in [0.717, 1.165) is 47.1 Å². The summed E-state index contributed by atoms with van der Waals surface area (Å²) in [6.45, 7) is 5.24. The first kappa shape index (κ1) is 18.1. The Morgan fingerprint density at radius 3 is 2.96 bits per heavy atom. The van der Waals surface area contributed by atoms with Gasteiger partial charge in [-0.2, -0.15) is 5.10 Å². The van der Waals surface area contributed by atoms with Gasteiger partial charge in [0.2, 0.25) is 0 Å². The maximum Gasteiger partial charge on any atom is 0.177 e. The maximum absolute atomic E-state index is 4.56. The minimum atomic E-state index is 0. The molecule has 0 spiro atoms. The third kappa shape index (κ3) is 3.78. The summed E-state index contributed by atoms with van der Waals surface area (Å²) in [5.41, 5.74) is 2.77. The van der Waals surface area contributed by atoms with Crippen molar-refractivity contribution in [3.05, 3.63) is 41.4 Å². The van der Waals surface area contributed by atoms with Crippen molar-refractivity contribution >= 4 is 55.8 Å². The predicted molar refractivity (Wildman–Crippen MR) is 108 cm³/mol. The number of rotatable bonds is 3. The molecule has 7 nitrogen and oxygen atoms in total. The van der Waals surface area contributed by atoms with Crippen molar-refractivity contribution in [2.75, 3.05) is 29.9 Å². The summed E-state index contributed by atoms with van der Waals surface area (Å²) >= 11 is 3.42. The van der Waals surface area contributed by atoms with Gasteiger partial charge in [-0.05, 0) is 35.0 Å². The first-order valence-corrected chi connectivity index (χ1v) is 8.70. The Labute approximate surface area is 164 Å². The van der Waals surface area contributed by atoms with Crippen LogP contribution < -0.4 is 15.5 Å². The van der Waals surface area contributed by atoms with E-state index in [9.17, 15) is 0 Å². The number of nitrogens with one attached hydrogen (secondary N) is 2. The van der Waals surface area contributed by atoms with E-state index in [0.29, 0.717) is 6.04 Å². The Hall–Kier alpha value is -1.71. The van der Waals surface area contributed by atoms with Gasteiger partial charge in [-0.1, -0.05) is 0 Å². The van der Waals surface area contributed by atoms with Crippen LogP contribution in [0.5, 0.6) is 0 Å². The number of piperazine rings is 1. The number of imidazole rings is 1. The molecule has 0 radical (unpaired) electrons. The average molecular weight is 469 g/mol. The highest BCUT2D eigenvalue weighted by Crippen LogP contribution is 2.24. The lowest BCUT2D eigenvalue weighted by atomic mass is 10.2. The molecule has 0 amide bonds. The Balaban J connectivity index is 0.00000182. The number of hydrogen-bond acceptors (Lipinski definition) is 6. The summed E-state index contributed by atoms with van der Waals surface area (Å²) in [4.78, 5) is 11.3. The van der Waals surface area contributed by atoms with E-state index in [1.54, 1.807) is 10.7 Å². The molecule has 1 atom stereocenters. The largest absolute Gasteiger partial charge is 0.365 e. The van der Waals surface area contributed by atoms with Crippen molar-refractivity contribution in [2.24, 2.45) is 0 Å². The van der Waals surface area contributed by atoms with Crippen molar-refractivity contribution in [1.29, 1.82) is 0 Å². The van der Waals surface area contributed by atoms with Crippen LogP contribution in [0.15, 0.2) is 41.4 Å². The third-order valence-electron chi connectivity index (χ3n) is 4.17. The normalized spacial score (nSPS) is 17.4. The lowest BCUT2D eigenvalue weighted by Crippen LogP contribution is -2.49. The monoisotopic (exact) mass is 467 g/mol. The fourth-order valence-electron chi connectivity index (χ4n) is 2.97. The van der Waals surface area contributed by atoms with E-state index in [4.69, 9.17) is 0 Å². The number of anilines is 3. The predicted octanol–water partition coefficient (Wildman–Crippen LogP) is 3.01. The van der Waals surface area contributed by atoms with Gasteiger partial charge in [0, 0.05) is 44.1 Å². The topological polar surface area (TPSA) is 70.4 Å². The van der Waals surface area contributed by atoms with Crippen LogP contribution in [0.2, 0.25) is 0 Å². The quantitative estimate of drug-likeness (QED) is 0.615. The van der Waals surface area contributed by atoms with Crippen LogP contribution in [0.4, 0.5) is 17.2 Å². The summed E-state index contributed by atoms with van der Waals surface area (Å²) in [6.07, 6.45) is 5.46. The van der Waals surface area contributed by atoms with Crippen molar-refractivity contribution in [3.63, 3.8) is 0 Å². The highest BCUT2D eigenvalue weighted by molar-refractivity contribution is 9.10. The van der Waals surface area contributed by atoms with Gasteiger partial charge in [0.05, 0.1) is 17.6 Å². The molecule has 132 valence electrons. The molecule has 25 heavy (non-hydrogen) atoms. The van der Waals surface area contributed by atoms with Gasteiger partial charge in [-0.25, -0.2) is 14.5 Å². The van der Waals surface area contributed by atoms with E-state index in [-0.39, 0.29) is 17.0 Å². The molecule has 0 bridgehead atoms. The van der Waals surface area contributed by atoms with Crippen LogP contribution in [0.3, 0.4) is 0 Å². The molecule has 9 heteroatoms. The van der Waals surface area contributed by atoms with Gasteiger partial charge in [0.1, 0.15) is 10.4 Å². The molecule has 0 aliphatic carbocycles. The molecule has 0 aromatic carbocycles. The second-order valence-electron chi connectivity index (χ2n) is 5.85. The fraction of sp³-hybridized carbons (Fsp3) is 0.312. The van der Waals surface area contributed by atoms with Crippen LogP contribution >= 0.6 is 32.9 Å². The van der Waals surface area contributed by atoms with E-state index in [1.165, 1.54) is 0 Å². The van der Waals surface area contributed by atoms with Crippen molar-refractivity contribution in [1.82, 2.24) is 24.9 Å². The van der Waals surface area contributed by atoms with Gasteiger partial charge in [0.15, 0.2) is 5.65 Å². The number of hydrogen-bond donors (Lipinski definition) is 2. The smallest absolute Gasteiger partial charge is 0.177 e. The Morgan fingerprint density at radius 2 is 2.20 bits per heavy atom. The highest BCUT2D eigenvalue weighted by atomic mass is 79.9. The van der Waals surface area contributed by atoms with Crippen molar-refractivity contribution in [2.45, 2.75) is 13.0 Å². The van der Waals surface area contributed by atoms with Gasteiger partial charge < -0.3 is 15.5 Å². The van der Waals surface area contributed by atoms with Crippen molar-refractivity contribution < 1.29 is 0 Å². The first-order chi connectivity index (χ1) is 11.7. The lowest BCUT2D eigenvalue weighted by Gasteiger charge is -2.35. The number of fused-ring (bicyclic) bond motifs is 1. The Morgan fingerprint density at radius 1 is 1.32 bits per heavy atom. The number of aromatic nitrogens is 4. The molecule has 3 aromatic rings. The minimum Gasteiger partial charge on any atom is -0.365 e. The standard InChI is InChI=1S/C16H18BrN7.BrH/c1-11-9-18-4-6-23(11)12-2-3-15(20-10-12)21-13-8-14(17)22-24-7-5-19-16(13)24;/h2-3,5,7-8,10-11,18H,4,6,9H2,1H3,(H,20,21);1H/t11-;/m0./s1. The molecule has 1 saturated heterocycles. The lowest BCUT2D eigenvalue weighted by molar-refractivity contribution is 0.500. The zero-order valence-corrected chi connectivity index (χ0v) is 17.0. The number of halogens is 2. The molecule has 2 N–H and O–H groups in total. The molecule has 1 aliphatic heterocycles. The van der Waals surface area contributed by atoms with E-state index in [1.807, 2.05) is 24.5 Å². The molecule has 4 heterocycles. The Kier molecular flexibility index (Phi) is 5.55. The summed E-state index contributed by atoms with van der Waals surface area (Å²) in [5.74, 6) is 0.782. The molecular weight excluding hydrogens is 450 g/mol. The van der Waals surface area contributed by atoms with Crippen LogP contribution in [-0.2, 0) is 0 Å². The zero-order valence-electron chi connectivity index (χ0n) is 13.7. The summed E-state index contributed by atoms with van der Waals surface area (Å²) in [5, 5.41) is 11.0. The molecule has 3 aromatic heterocycles. The second kappa shape index (κ2) is 7.67. The molecule has 1 aliphatic rings. The Bertz CT molecular complexity index is 849. The molecule has 1 fully saturated rings. The maximum atomic E-state index is 4.56.